The third-order valence-corrected chi connectivity index (χ3v) is 2.94. The number of benzene rings is 1. The first kappa shape index (κ1) is 8.75. The molecule has 1 saturated heterocycles. The number of halogens is 1. The fourth-order valence-corrected chi connectivity index (χ4v) is 1.78. The standard InChI is InChI=1S/C10H10BrNO/c11-9-5-2-1-4-8(9)10(13)12-6-3-7-12/h1-2,4-5H,3,6-7H2. The Labute approximate surface area is 85.7 Å². The molecule has 0 unspecified atom stereocenters. The maximum atomic E-state index is 11.7. The van der Waals surface area contributed by atoms with Crippen molar-refractivity contribution in [2.75, 3.05) is 13.1 Å². The van der Waals surface area contributed by atoms with Crippen molar-refractivity contribution in [3.63, 3.8) is 0 Å². The Bertz CT molecular complexity index is 333. The molecule has 0 N–H and O–H groups in total. The Kier molecular flexibility index (Phi) is 2.36. The first-order valence-electron chi connectivity index (χ1n) is 4.33. The van der Waals surface area contributed by atoms with Gasteiger partial charge in [0.1, 0.15) is 0 Å². The highest BCUT2D eigenvalue weighted by Crippen LogP contribution is 2.20. The number of nitrogens with zero attached hydrogens (tertiary/aromatic N) is 1. The van der Waals surface area contributed by atoms with Gasteiger partial charge in [-0.2, -0.15) is 0 Å². The summed E-state index contributed by atoms with van der Waals surface area (Å²) in [7, 11) is 0. The average molecular weight is 240 g/mol. The van der Waals surface area contributed by atoms with E-state index in [4.69, 9.17) is 0 Å². The normalized spacial score (nSPS) is 15.3. The second-order valence-electron chi connectivity index (χ2n) is 3.13. The summed E-state index contributed by atoms with van der Waals surface area (Å²) < 4.78 is 0.881. The summed E-state index contributed by atoms with van der Waals surface area (Å²) in [5, 5.41) is 0. The molecular weight excluding hydrogens is 230 g/mol. The van der Waals surface area contributed by atoms with Gasteiger partial charge in [0.05, 0.1) is 5.56 Å². The van der Waals surface area contributed by atoms with E-state index in [1.807, 2.05) is 29.2 Å². The smallest absolute Gasteiger partial charge is 0.254 e. The van der Waals surface area contributed by atoms with Gasteiger partial charge in [-0.3, -0.25) is 4.79 Å². The molecule has 1 aromatic rings. The quantitative estimate of drug-likeness (QED) is 0.737. The summed E-state index contributed by atoms with van der Waals surface area (Å²) in [5.41, 5.74) is 0.766. The lowest BCUT2D eigenvalue weighted by atomic mass is 10.1. The van der Waals surface area contributed by atoms with Gasteiger partial charge < -0.3 is 4.90 Å². The van der Waals surface area contributed by atoms with Crippen molar-refractivity contribution in [2.45, 2.75) is 6.42 Å². The molecule has 1 aromatic carbocycles. The van der Waals surface area contributed by atoms with Crippen LogP contribution in [0.2, 0.25) is 0 Å². The second-order valence-corrected chi connectivity index (χ2v) is 3.98. The lowest BCUT2D eigenvalue weighted by Gasteiger charge is -2.31. The summed E-state index contributed by atoms with van der Waals surface area (Å²) in [6.45, 7) is 1.81. The maximum Gasteiger partial charge on any atom is 0.254 e. The third-order valence-electron chi connectivity index (χ3n) is 2.25. The predicted octanol–water partition coefficient (Wildman–Crippen LogP) is 2.29. The molecule has 1 heterocycles. The topological polar surface area (TPSA) is 20.3 Å². The van der Waals surface area contributed by atoms with Gasteiger partial charge in [-0.25, -0.2) is 0 Å². The van der Waals surface area contributed by atoms with Crippen LogP contribution in [0.4, 0.5) is 0 Å². The van der Waals surface area contributed by atoms with Gasteiger partial charge >= 0.3 is 0 Å². The van der Waals surface area contributed by atoms with E-state index < -0.39 is 0 Å². The molecule has 2 nitrogen and oxygen atoms in total. The van der Waals surface area contributed by atoms with Gasteiger partial charge in [0.25, 0.3) is 5.91 Å². The minimum atomic E-state index is 0.138. The lowest BCUT2D eigenvalue weighted by Crippen LogP contribution is -2.42. The zero-order valence-corrected chi connectivity index (χ0v) is 8.75. The highest BCUT2D eigenvalue weighted by molar-refractivity contribution is 9.10. The van der Waals surface area contributed by atoms with Crippen molar-refractivity contribution >= 4 is 21.8 Å². The van der Waals surface area contributed by atoms with Crippen LogP contribution < -0.4 is 0 Å². The van der Waals surface area contributed by atoms with E-state index in [1.165, 1.54) is 0 Å². The highest BCUT2D eigenvalue weighted by Gasteiger charge is 2.22. The van der Waals surface area contributed by atoms with Crippen LogP contribution >= 0.6 is 15.9 Å². The maximum absolute atomic E-state index is 11.7. The van der Waals surface area contributed by atoms with Crippen molar-refractivity contribution in [3.05, 3.63) is 34.3 Å². The zero-order chi connectivity index (χ0) is 9.26. The minimum Gasteiger partial charge on any atom is -0.338 e. The Morgan fingerprint density at radius 2 is 2.00 bits per heavy atom. The average Bonchev–Trinajstić information content (AvgIpc) is 2.01. The largest absolute Gasteiger partial charge is 0.338 e. The third kappa shape index (κ3) is 1.61. The molecule has 3 heteroatoms. The number of amides is 1. The fourth-order valence-electron chi connectivity index (χ4n) is 1.32. The molecule has 0 radical (unpaired) electrons. The number of hydrogen-bond donors (Lipinski definition) is 0. The summed E-state index contributed by atoms with van der Waals surface area (Å²) in [6, 6.07) is 7.55. The van der Waals surface area contributed by atoms with Crippen LogP contribution in [0.15, 0.2) is 28.7 Å². The Morgan fingerprint density at radius 1 is 1.31 bits per heavy atom. The van der Waals surface area contributed by atoms with E-state index in [2.05, 4.69) is 15.9 Å². The summed E-state index contributed by atoms with van der Waals surface area (Å²) in [4.78, 5) is 13.6. The van der Waals surface area contributed by atoms with Gasteiger partial charge in [-0.15, -0.1) is 0 Å². The van der Waals surface area contributed by atoms with Gasteiger partial charge in [-0.05, 0) is 34.5 Å². The molecule has 1 aliphatic heterocycles. The fraction of sp³-hybridized carbons (Fsp3) is 0.300. The molecule has 1 fully saturated rings. The molecule has 0 atom stereocenters. The zero-order valence-electron chi connectivity index (χ0n) is 7.16. The number of carbonyl (C=O) groups is 1. The summed E-state index contributed by atoms with van der Waals surface area (Å²) >= 11 is 3.37. The van der Waals surface area contributed by atoms with Crippen molar-refractivity contribution in [2.24, 2.45) is 0 Å². The molecule has 0 aliphatic carbocycles. The highest BCUT2D eigenvalue weighted by atomic mass is 79.9. The molecule has 2 rings (SSSR count). The molecule has 1 amide bonds. The first-order chi connectivity index (χ1) is 6.29. The van der Waals surface area contributed by atoms with Crippen LogP contribution in [0, 0.1) is 0 Å². The van der Waals surface area contributed by atoms with E-state index in [-0.39, 0.29) is 5.91 Å². The van der Waals surface area contributed by atoms with Crippen molar-refractivity contribution in [1.29, 1.82) is 0 Å². The van der Waals surface area contributed by atoms with E-state index in [0.717, 1.165) is 29.5 Å². The molecule has 0 saturated carbocycles. The molecule has 0 bridgehead atoms. The second kappa shape index (κ2) is 3.50. The molecule has 68 valence electrons. The van der Waals surface area contributed by atoms with E-state index >= 15 is 0 Å². The van der Waals surface area contributed by atoms with Crippen LogP contribution in [-0.4, -0.2) is 23.9 Å². The molecule has 1 aliphatic rings. The first-order valence-corrected chi connectivity index (χ1v) is 5.12. The van der Waals surface area contributed by atoms with Gasteiger partial charge in [0, 0.05) is 17.6 Å². The molecule has 13 heavy (non-hydrogen) atoms. The van der Waals surface area contributed by atoms with Crippen LogP contribution in [0.1, 0.15) is 16.8 Å². The van der Waals surface area contributed by atoms with Crippen molar-refractivity contribution in [1.82, 2.24) is 4.90 Å². The van der Waals surface area contributed by atoms with Gasteiger partial charge in [-0.1, -0.05) is 12.1 Å². The Morgan fingerprint density at radius 3 is 2.54 bits per heavy atom. The molecular formula is C10H10BrNO. The molecule has 0 spiro atoms. The van der Waals surface area contributed by atoms with Gasteiger partial charge in [0.15, 0.2) is 0 Å². The SMILES string of the molecule is O=C(c1ccccc1Br)N1CCC1. The van der Waals surface area contributed by atoms with Crippen molar-refractivity contribution < 1.29 is 4.79 Å². The summed E-state index contributed by atoms with van der Waals surface area (Å²) in [6.07, 6.45) is 1.14. The predicted molar refractivity (Wildman–Crippen MR) is 54.7 cm³/mol. The van der Waals surface area contributed by atoms with Crippen LogP contribution in [0.3, 0.4) is 0 Å². The number of rotatable bonds is 1. The van der Waals surface area contributed by atoms with E-state index in [9.17, 15) is 4.79 Å². The van der Waals surface area contributed by atoms with Crippen LogP contribution in [0.25, 0.3) is 0 Å². The number of hydrogen-bond acceptors (Lipinski definition) is 1. The number of carbonyl (C=O) groups excluding carboxylic acids is 1. The monoisotopic (exact) mass is 239 g/mol. The molecule has 0 aromatic heterocycles. The van der Waals surface area contributed by atoms with E-state index in [0.29, 0.717) is 0 Å². The Balaban J connectivity index is 2.24. The van der Waals surface area contributed by atoms with Crippen LogP contribution in [0.5, 0.6) is 0 Å². The van der Waals surface area contributed by atoms with E-state index in [1.54, 1.807) is 0 Å². The minimum absolute atomic E-state index is 0.138. The lowest BCUT2D eigenvalue weighted by molar-refractivity contribution is 0.0651. The number of likely N-dealkylation sites (tertiary alicyclic amines) is 1. The Hall–Kier alpha value is -0.830. The van der Waals surface area contributed by atoms with Crippen LogP contribution in [-0.2, 0) is 0 Å². The van der Waals surface area contributed by atoms with Crippen molar-refractivity contribution in [3.8, 4) is 0 Å². The summed E-state index contributed by atoms with van der Waals surface area (Å²) in [5.74, 6) is 0.138. The van der Waals surface area contributed by atoms with Gasteiger partial charge in [0.2, 0.25) is 0 Å².